The van der Waals surface area contributed by atoms with Gasteiger partial charge in [0.1, 0.15) is 0 Å². The Kier molecular flexibility index (Phi) is 4.37. The highest BCUT2D eigenvalue weighted by atomic mass is 35.5. The van der Waals surface area contributed by atoms with Gasteiger partial charge in [0.15, 0.2) is 5.82 Å². The lowest BCUT2D eigenvalue weighted by Gasteiger charge is -2.08. The van der Waals surface area contributed by atoms with E-state index in [4.69, 9.17) is 23.2 Å². The first-order chi connectivity index (χ1) is 10.7. The summed E-state index contributed by atoms with van der Waals surface area (Å²) in [4.78, 5) is 4.34. The first kappa shape index (κ1) is 14.6. The molecule has 0 saturated heterocycles. The van der Waals surface area contributed by atoms with Crippen molar-refractivity contribution in [1.82, 2.24) is 15.2 Å². The number of benzene rings is 2. The van der Waals surface area contributed by atoms with Crippen LogP contribution in [0.4, 0.5) is 23.1 Å². The summed E-state index contributed by atoms with van der Waals surface area (Å²) in [5.41, 5.74) is 1.65. The molecule has 0 aliphatic carbocycles. The van der Waals surface area contributed by atoms with E-state index in [1.165, 1.54) is 6.20 Å². The second-order valence-corrected chi connectivity index (χ2v) is 5.31. The Morgan fingerprint density at radius 1 is 0.818 bits per heavy atom. The average Bonchev–Trinajstić information content (AvgIpc) is 2.50. The summed E-state index contributed by atoms with van der Waals surface area (Å²) < 4.78 is 0. The molecule has 2 aromatic carbocycles. The summed E-state index contributed by atoms with van der Waals surface area (Å²) in [6, 6.07) is 14.6. The third kappa shape index (κ3) is 3.84. The maximum absolute atomic E-state index is 5.95. The zero-order valence-corrected chi connectivity index (χ0v) is 12.8. The molecule has 0 saturated carbocycles. The zero-order chi connectivity index (χ0) is 15.4. The molecular weight excluding hydrogens is 321 g/mol. The van der Waals surface area contributed by atoms with E-state index in [-0.39, 0.29) is 0 Å². The van der Waals surface area contributed by atoms with E-state index < -0.39 is 0 Å². The molecule has 3 aromatic rings. The van der Waals surface area contributed by atoms with Gasteiger partial charge < -0.3 is 10.6 Å². The van der Waals surface area contributed by atoms with Gasteiger partial charge in [-0.3, -0.25) is 0 Å². The minimum Gasteiger partial charge on any atom is -0.339 e. The lowest BCUT2D eigenvalue weighted by Crippen LogP contribution is -2.02. The molecule has 2 N–H and O–H groups in total. The van der Waals surface area contributed by atoms with E-state index >= 15 is 0 Å². The fraction of sp³-hybridized carbons (Fsp3) is 0. The minimum absolute atomic E-state index is 0.384. The van der Waals surface area contributed by atoms with E-state index in [1.807, 2.05) is 24.3 Å². The predicted octanol–water partition coefficient (Wildman–Crippen LogP) is 4.67. The highest BCUT2D eigenvalue weighted by molar-refractivity contribution is 6.31. The Morgan fingerprint density at radius 3 is 2.41 bits per heavy atom. The highest BCUT2D eigenvalue weighted by Crippen LogP contribution is 2.20. The van der Waals surface area contributed by atoms with Gasteiger partial charge in [0.05, 0.1) is 6.20 Å². The van der Waals surface area contributed by atoms with Gasteiger partial charge in [0.2, 0.25) is 5.95 Å². The van der Waals surface area contributed by atoms with Crippen LogP contribution in [0, 0.1) is 0 Å². The number of hydrogen-bond acceptors (Lipinski definition) is 5. The summed E-state index contributed by atoms with van der Waals surface area (Å²) in [7, 11) is 0. The fourth-order valence-electron chi connectivity index (χ4n) is 1.79. The Hall–Kier alpha value is -2.37. The lowest BCUT2D eigenvalue weighted by molar-refractivity contribution is 0.982. The van der Waals surface area contributed by atoms with Crippen molar-refractivity contribution in [3.05, 3.63) is 64.8 Å². The molecule has 110 valence electrons. The maximum atomic E-state index is 5.95. The molecule has 1 aromatic heterocycles. The fourth-order valence-corrected chi connectivity index (χ4v) is 2.11. The molecule has 0 fully saturated rings. The summed E-state index contributed by atoms with van der Waals surface area (Å²) in [6.45, 7) is 0. The summed E-state index contributed by atoms with van der Waals surface area (Å²) in [6.07, 6.45) is 1.54. The summed E-state index contributed by atoms with van der Waals surface area (Å²) in [5, 5.41) is 15.4. The molecular formula is C15H11Cl2N5. The molecule has 0 unspecified atom stereocenters. The van der Waals surface area contributed by atoms with Gasteiger partial charge in [-0.2, -0.15) is 10.1 Å². The molecule has 0 atom stereocenters. The third-order valence-electron chi connectivity index (χ3n) is 2.76. The number of nitrogens with one attached hydrogen (secondary N) is 2. The minimum atomic E-state index is 0.384. The highest BCUT2D eigenvalue weighted by Gasteiger charge is 2.02. The summed E-state index contributed by atoms with van der Waals surface area (Å²) >= 11 is 11.8. The zero-order valence-electron chi connectivity index (χ0n) is 11.3. The molecule has 0 spiro atoms. The number of rotatable bonds is 4. The maximum Gasteiger partial charge on any atom is 0.249 e. The van der Waals surface area contributed by atoms with Gasteiger partial charge in [0, 0.05) is 21.4 Å². The standard InChI is InChI=1S/C15H11Cl2N5/c16-10-4-6-12(7-5-10)20-15-21-14(9-18-22-15)19-13-3-1-2-11(17)8-13/h1-9H,(H2,19,20,21,22). The van der Waals surface area contributed by atoms with Crippen LogP contribution in [0.5, 0.6) is 0 Å². The molecule has 0 aliphatic heterocycles. The lowest BCUT2D eigenvalue weighted by atomic mass is 10.3. The van der Waals surface area contributed by atoms with Crippen molar-refractivity contribution in [2.45, 2.75) is 0 Å². The second kappa shape index (κ2) is 6.60. The Balaban J connectivity index is 1.76. The van der Waals surface area contributed by atoms with Gasteiger partial charge in [-0.25, -0.2) is 0 Å². The van der Waals surface area contributed by atoms with Gasteiger partial charge in [-0.05, 0) is 42.5 Å². The normalized spacial score (nSPS) is 10.3. The van der Waals surface area contributed by atoms with Gasteiger partial charge in [-0.1, -0.05) is 29.3 Å². The van der Waals surface area contributed by atoms with E-state index in [0.717, 1.165) is 11.4 Å². The van der Waals surface area contributed by atoms with Crippen molar-refractivity contribution in [2.24, 2.45) is 0 Å². The number of anilines is 4. The van der Waals surface area contributed by atoms with Gasteiger partial charge >= 0.3 is 0 Å². The molecule has 0 amide bonds. The van der Waals surface area contributed by atoms with E-state index in [2.05, 4.69) is 25.8 Å². The first-order valence-corrected chi connectivity index (χ1v) is 7.19. The van der Waals surface area contributed by atoms with Crippen molar-refractivity contribution in [1.29, 1.82) is 0 Å². The van der Waals surface area contributed by atoms with Crippen LogP contribution >= 0.6 is 23.2 Å². The molecule has 0 bridgehead atoms. The molecule has 22 heavy (non-hydrogen) atoms. The van der Waals surface area contributed by atoms with Crippen LogP contribution < -0.4 is 10.6 Å². The summed E-state index contributed by atoms with van der Waals surface area (Å²) in [5.74, 6) is 0.947. The molecule has 5 nitrogen and oxygen atoms in total. The topological polar surface area (TPSA) is 62.7 Å². The van der Waals surface area contributed by atoms with Crippen LogP contribution in [0.3, 0.4) is 0 Å². The Labute approximate surface area is 137 Å². The average molecular weight is 332 g/mol. The second-order valence-electron chi connectivity index (χ2n) is 4.43. The van der Waals surface area contributed by atoms with E-state index in [1.54, 1.807) is 24.3 Å². The van der Waals surface area contributed by atoms with Crippen LogP contribution in [0.1, 0.15) is 0 Å². The Bertz CT molecular complexity index is 777. The number of hydrogen-bond donors (Lipinski definition) is 2. The molecule has 0 aliphatic rings. The van der Waals surface area contributed by atoms with Crippen LogP contribution in [-0.2, 0) is 0 Å². The first-order valence-electron chi connectivity index (χ1n) is 6.44. The molecule has 0 radical (unpaired) electrons. The Morgan fingerprint density at radius 2 is 1.64 bits per heavy atom. The van der Waals surface area contributed by atoms with Crippen molar-refractivity contribution in [2.75, 3.05) is 10.6 Å². The SMILES string of the molecule is Clc1ccc(Nc2nncc(Nc3cccc(Cl)c3)n2)cc1. The van der Waals surface area contributed by atoms with Crippen LogP contribution in [-0.4, -0.2) is 15.2 Å². The van der Waals surface area contributed by atoms with Crippen LogP contribution in [0.2, 0.25) is 10.0 Å². The van der Waals surface area contributed by atoms with Crippen molar-refractivity contribution in [3.8, 4) is 0 Å². The third-order valence-corrected chi connectivity index (χ3v) is 3.24. The smallest absolute Gasteiger partial charge is 0.249 e. The van der Waals surface area contributed by atoms with Crippen molar-refractivity contribution in [3.63, 3.8) is 0 Å². The van der Waals surface area contributed by atoms with Crippen LogP contribution in [0.25, 0.3) is 0 Å². The van der Waals surface area contributed by atoms with E-state index in [9.17, 15) is 0 Å². The predicted molar refractivity (Wildman–Crippen MR) is 89.3 cm³/mol. The van der Waals surface area contributed by atoms with Gasteiger partial charge in [0.25, 0.3) is 0 Å². The van der Waals surface area contributed by atoms with Crippen LogP contribution in [0.15, 0.2) is 54.7 Å². The number of halogens is 2. The van der Waals surface area contributed by atoms with E-state index in [0.29, 0.717) is 21.8 Å². The largest absolute Gasteiger partial charge is 0.339 e. The van der Waals surface area contributed by atoms with Gasteiger partial charge in [-0.15, -0.1) is 5.10 Å². The molecule has 3 rings (SSSR count). The molecule has 1 heterocycles. The molecule has 7 heteroatoms. The number of aromatic nitrogens is 3. The van der Waals surface area contributed by atoms with Crippen molar-refractivity contribution >= 4 is 46.3 Å². The monoisotopic (exact) mass is 331 g/mol. The quantitative estimate of drug-likeness (QED) is 0.727. The van der Waals surface area contributed by atoms with Crippen molar-refractivity contribution < 1.29 is 0 Å². The number of nitrogens with zero attached hydrogens (tertiary/aromatic N) is 3.